The van der Waals surface area contributed by atoms with E-state index < -0.39 is 0 Å². The van der Waals surface area contributed by atoms with E-state index in [0.717, 1.165) is 6.54 Å². The minimum absolute atomic E-state index is 0.0577. The predicted octanol–water partition coefficient (Wildman–Crippen LogP) is -0.931. The summed E-state index contributed by atoms with van der Waals surface area (Å²) in [7, 11) is 0. The second-order valence-electron chi connectivity index (χ2n) is 2.78. The second kappa shape index (κ2) is 6.82. The van der Waals surface area contributed by atoms with E-state index in [1.807, 2.05) is 18.7 Å². The Balaban J connectivity index is 4.23. The van der Waals surface area contributed by atoms with Crippen LogP contribution in [0.4, 0.5) is 0 Å². The number of aliphatic hydroxyl groups excluding tert-OH is 1. The molecule has 1 amide bonds. The Labute approximate surface area is 78.9 Å². The first-order valence-corrected chi connectivity index (χ1v) is 4.56. The molecule has 0 fully saturated rings. The molecule has 0 saturated carbocycles. The summed E-state index contributed by atoms with van der Waals surface area (Å²) in [5.74, 6) is 4.85. The number of hydrogen-bond donors (Lipinski definition) is 3. The summed E-state index contributed by atoms with van der Waals surface area (Å²) in [6.45, 7) is 5.15. The van der Waals surface area contributed by atoms with Gasteiger partial charge in [-0.15, -0.1) is 0 Å². The Kier molecular flexibility index (Phi) is 6.48. The first kappa shape index (κ1) is 12.3. The summed E-state index contributed by atoms with van der Waals surface area (Å²) in [5, 5.41) is 8.76. The monoisotopic (exact) mass is 189 g/mol. The maximum Gasteiger partial charge on any atom is 0.251 e. The molecule has 0 aromatic heterocycles. The molecule has 0 rings (SSSR count). The summed E-state index contributed by atoms with van der Waals surface area (Å²) >= 11 is 0. The molecule has 0 saturated heterocycles. The van der Waals surface area contributed by atoms with Crippen LogP contribution in [0.3, 0.4) is 0 Å². The number of rotatable bonds is 6. The number of amides is 1. The van der Waals surface area contributed by atoms with Gasteiger partial charge in [-0.3, -0.25) is 15.1 Å². The highest BCUT2D eigenvalue weighted by Gasteiger charge is 2.21. The number of hydrogen-bond acceptors (Lipinski definition) is 4. The van der Waals surface area contributed by atoms with Crippen LogP contribution in [0.5, 0.6) is 0 Å². The standard InChI is InChI=1S/C8H19N3O2/c1-3-7(8(13)10-9)11(4-2)5-6-12/h7,12H,3-6,9H2,1-2H3,(H,10,13). The number of aliphatic hydroxyl groups is 1. The van der Waals surface area contributed by atoms with E-state index in [0.29, 0.717) is 13.0 Å². The van der Waals surface area contributed by atoms with Crippen molar-refractivity contribution in [1.29, 1.82) is 0 Å². The van der Waals surface area contributed by atoms with Crippen molar-refractivity contribution in [3.8, 4) is 0 Å². The minimum Gasteiger partial charge on any atom is -0.395 e. The number of nitrogens with zero attached hydrogens (tertiary/aromatic N) is 1. The summed E-state index contributed by atoms with van der Waals surface area (Å²) in [6.07, 6.45) is 0.691. The van der Waals surface area contributed by atoms with E-state index in [1.165, 1.54) is 0 Å². The summed E-state index contributed by atoms with van der Waals surface area (Å²) < 4.78 is 0. The van der Waals surface area contributed by atoms with Gasteiger partial charge in [-0.2, -0.15) is 0 Å². The van der Waals surface area contributed by atoms with Gasteiger partial charge < -0.3 is 5.11 Å². The van der Waals surface area contributed by atoms with Gasteiger partial charge in [-0.05, 0) is 13.0 Å². The number of nitrogens with two attached hydrogens (primary N) is 1. The van der Waals surface area contributed by atoms with Gasteiger partial charge in [-0.25, -0.2) is 5.84 Å². The molecule has 4 N–H and O–H groups in total. The molecule has 1 unspecified atom stereocenters. The highest BCUT2D eigenvalue weighted by molar-refractivity contribution is 5.81. The first-order valence-electron chi connectivity index (χ1n) is 4.56. The molecular weight excluding hydrogens is 170 g/mol. The lowest BCUT2D eigenvalue weighted by molar-refractivity contribution is -0.126. The molecular formula is C8H19N3O2. The summed E-state index contributed by atoms with van der Waals surface area (Å²) in [4.78, 5) is 13.1. The average molecular weight is 189 g/mol. The van der Waals surface area contributed by atoms with E-state index in [1.54, 1.807) is 0 Å². The van der Waals surface area contributed by atoms with Crippen LogP contribution in [0.25, 0.3) is 0 Å². The van der Waals surface area contributed by atoms with Crippen molar-refractivity contribution in [3.63, 3.8) is 0 Å². The summed E-state index contributed by atoms with van der Waals surface area (Å²) in [5.41, 5.74) is 2.13. The van der Waals surface area contributed by atoms with Crippen molar-refractivity contribution < 1.29 is 9.90 Å². The van der Waals surface area contributed by atoms with Gasteiger partial charge >= 0.3 is 0 Å². The van der Waals surface area contributed by atoms with Crippen molar-refractivity contribution in [2.45, 2.75) is 26.3 Å². The number of likely N-dealkylation sites (N-methyl/N-ethyl adjacent to an activating group) is 1. The Bertz CT molecular complexity index is 152. The zero-order valence-corrected chi connectivity index (χ0v) is 8.29. The lowest BCUT2D eigenvalue weighted by Gasteiger charge is -2.27. The average Bonchev–Trinajstić information content (AvgIpc) is 2.17. The fourth-order valence-electron chi connectivity index (χ4n) is 1.37. The topological polar surface area (TPSA) is 78.6 Å². The van der Waals surface area contributed by atoms with Gasteiger partial charge in [0.2, 0.25) is 0 Å². The number of carbonyl (C=O) groups is 1. The quantitative estimate of drug-likeness (QED) is 0.286. The molecule has 13 heavy (non-hydrogen) atoms. The van der Waals surface area contributed by atoms with Crippen LogP contribution in [-0.2, 0) is 4.79 Å². The lowest BCUT2D eigenvalue weighted by atomic mass is 10.2. The molecule has 0 aromatic rings. The Morgan fingerprint density at radius 1 is 1.62 bits per heavy atom. The predicted molar refractivity (Wildman–Crippen MR) is 50.7 cm³/mol. The molecule has 0 spiro atoms. The van der Waals surface area contributed by atoms with Crippen LogP contribution in [0, 0.1) is 0 Å². The zero-order valence-electron chi connectivity index (χ0n) is 8.29. The van der Waals surface area contributed by atoms with Crippen LogP contribution in [0.2, 0.25) is 0 Å². The van der Waals surface area contributed by atoms with Gasteiger partial charge in [0, 0.05) is 6.54 Å². The van der Waals surface area contributed by atoms with Crippen molar-refractivity contribution >= 4 is 5.91 Å². The molecule has 0 radical (unpaired) electrons. The number of nitrogens with one attached hydrogen (secondary N) is 1. The summed E-state index contributed by atoms with van der Waals surface area (Å²) in [6, 6.07) is -0.234. The van der Waals surface area contributed by atoms with E-state index in [2.05, 4.69) is 5.43 Å². The van der Waals surface area contributed by atoms with Crippen LogP contribution in [-0.4, -0.2) is 41.7 Å². The van der Waals surface area contributed by atoms with E-state index in [4.69, 9.17) is 10.9 Å². The zero-order chi connectivity index (χ0) is 10.3. The number of hydrazine groups is 1. The fourth-order valence-corrected chi connectivity index (χ4v) is 1.37. The van der Waals surface area contributed by atoms with Crippen LogP contribution in [0.15, 0.2) is 0 Å². The Hall–Kier alpha value is -0.650. The van der Waals surface area contributed by atoms with Gasteiger partial charge in [-0.1, -0.05) is 13.8 Å². The number of carbonyl (C=O) groups excluding carboxylic acids is 1. The third-order valence-electron chi connectivity index (χ3n) is 2.07. The molecule has 5 heteroatoms. The molecule has 0 aliphatic rings. The van der Waals surface area contributed by atoms with E-state index in [9.17, 15) is 4.79 Å². The maximum atomic E-state index is 11.3. The van der Waals surface area contributed by atoms with Crippen LogP contribution in [0.1, 0.15) is 20.3 Å². The van der Waals surface area contributed by atoms with Gasteiger partial charge in [0.05, 0.1) is 12.6 Å². The molecule has 0 heterocycles. The molecule has 5 nitrogen and oxygen atoms in total. The first-order chi connectivity index (χ1) is 6.21. The van der Waals surface area contributed by atoms with E-state index in [-0.39, 0.29) is 18.6 Å². The SMILES string of the molecule is CCC(C(=O)NN)N(CC)CCO. The van der Waals surface area contributed by atoms with Gasteiger partial charge in [0.25, 0.3) is 5.91 Å². The molecule has 0 aliphatic carbocycles. The smallest absolute Gasteiger partial charge is 0.251 e. The minimum atomic E-state index is -0.234. The largest absolute Gasteiger partial charge is 0.395 e. The Morgan fingerprint density at radius 2 is 2.23 bits per heavy atom. The van der Waals surface area contributed by atoms with Crippen molar-refractivity contribution in [2.24, 2.45) is 5.84 Å². The maximum absolute atomic E-state index is 11.3. The molecule has 0 aromatic carbocycles. The van der Waals surface area contributed by atoms with Crippen molar-refractivity contribution in [2.75, 3.05) is 19.7 Å². The lowest BCUT2D eigenvalue weighted by Crippen LogP contribution is -2.49. The molecule has 0 bridgehead atoms. The van der Waals surface area contributed by atoms with Gasteiger partial charge in [0.15, 0.2) is 0 Å². The Morgan fingerprint density at radius 3 is 2.54 bits per heavy atom. The van der Waals surface area contributed by atoms with Crippen molar-refractivity contribution in [1.82, 2.24) is 10.3 Å². The normalized spacial score (nSPS) is 13.0. The second-order valence-corrected chi connectivity index (χ2v) is 2.78. The van der Waals surface area contributed by atoms with E-state index >= 15 is 0 Å². The van der Waals surface area contributed by atoms with Gasteiger partial charge in [0.1, 0.15) is 0 Å². The van der Waals surface area contributed by atoms with Crippen molar-refractivity contribution in [3.05, 3.63) is 0 Å². The molecule has 1 atom stereocenters. The van der Waals surface area contributed by atoms with Crippen LogP contribution >= 0.6 is 0 Å². The molecule has 78 valence electrons. The third kappa shape index (κ3) is 3.71. The molecule has 0 aliphatic heterocycles. The van der Waals surface area contributed by atoms with Crippen LogP contribution < -0.4 is 11.3 Å². The fraction of sp³-hybridized carbons (Fsp3) is 0.875. The highest BCUT2D eigenvalue weighted by atomic mass is 16.3. The highest BCUT2D eigenvalue weighted by Crippen LogP contribution is 2.03. The third-order valence-corrected chi connectivity index (χ3v) is 2.07.